The van der Waals surface area contributed by atoms with Gasteiger partial charge in [-0.05, 0) is 32.6 Å². The molecule has 2 unspecified atom stereocenters. The summed E-state index contributed by atoms with van der Waals surface area (Å²) in [6, 6.07) is 2.71. The van der Waals surface area contributed by atoms with Gasteiger partial charge >= 0.3 is 0 Å². The Kier molecular flexibility index (Phi) is 3.94. The summed E-state index contributed by atoms with van der Waals surface area (Å²) in [7, 11) is 0. The summed E-state index contributed by atoms with van der Waals surface area (Å²) >= 11 is 0. The van der Waals surface area contributed by atoms with Crippen LogP contribution in [0.2, 0.25) is 0 Å². The molecule has 4 heteroatoms. The van der Waals surface area contributed by atoms with Gasteiger partial charge in [-0.15, -0.1) is 0 Å². The standard InChI is InChI=1S/C13H22N4/c1-3-11-8-13(16-9-15-11)17-7-5-4-6-12(17)10(2)14/h8-10,12H,3-7,14H2,1-2H3. The zero-order valence-electron chi connectivity index (χ0n) is 10.8. The molecule has 1 aromatic rings. The van der Waals surface area contributed by atoms with Crippen molar-refractivity contribution in [3.63, 3.8) is 0 Å². The molecule has 0 amide bonds. The lowest BCUT2D eigenvalue weighted by molar-refractivity contribution is 0.410. The molecule has 0 bridgehead atoms. The van der Waals surface area contributed by atoms with Crippen LogP contribution >= 0.6 is 0 Å². The van der Waals surface area contributed by atoms with Gasteiger partial charge in [0.05, 0.1) is 0 Å². The molecule has 1 aliphatic heterocycles. The molecule has 1 aromatic heterocycles. The lowest BCUT2D eigenvalue weighted by Gasteiger charge is -2.38. The van der Waals surface area contributed by atoms with Gasteiger partial charge in [-0.25, -0.2) is 9.97 Å². The third kappa shape index (κ3) is 2.75. The molecule has 1 saturated heterocycles. The summed E-state index contributed by atoms with van der Waals surface area (Å²) < 4.78 is 0. The van der Waals surface area contributed by atoms with E-state index in [2.05, 4.69) is 34.8 Å². The summed E-state index contributed by atoms with van der Waals surface area (Å²) in [5, 5.41) is 0. The number of hydrogen-bond donors (Lipinski definition) is 1. The molecule has 1 aliphatic rings. The van der Waals surface area contributed by atoms with Crippen LogP contribution in [0.1, 0.15) is 38.8 Å². The molecule has 2 rings (SSSR count). The highest BCUT2D eigenvalue weighted by atomic mass is 15.2. The number of nitrogens with two attached hydrogens (primary N) is 1. The van der Waals surface area contributed by atoms with Crippen LogP contribution in [0.25, 0.3) is 0 Å². The van der Waals surface area contributed by atoms with Gasteiger partial charge in [0.1, 0.15) is 12.1 Å². The van der Waals surface area contributed by atoms with E-state index in [1.807, 2.05) is 0 Å². The van der Waals surface area contributed by atoms with Gasteiger partial charge in [0, 0.05) is 30.4 Å². The minimum absolute atomic E-state index is 0.190. The molecule has 0 aliphatic carbocycles. The molecule has 0 aromatic carbocycles. The average Bonchev–Trinajstić information content (AvgIpc) is 2.39. The normalized spacial score (nSPS) is 22.5. The van der Waals surface area contributed by atoms with E-state index in [9.17, 15) is 0 Å². The van der Waals surface area contributed by atoms with Crippen molar-refractivity contribution in [2.45, 2.75) is 51.6 Å². The first-order valence-electron chi connectivity index (χ1n) is 6.55. The summed E-state index contributed by atoms with van der Waals surface area (Å²) in [6.45, 7) is 5.27. The van der Waals surface area contributed by atoms with Crippen LogP contribution < -0.4 is 10.6 Å². The fraction of sp³-hybridized carbons (Fsp3) is 0.692. The smallest absolute Gasteiger partial charge is 0.132 e. The van der Waals surface area contributed by atoms with E-state index in [4.69, 9.17) is 5.73 Å². The van der Waals surface area contributed by atoms with Gasteiger partial charge in [-0.3, -0.25) is 0 Å². The van der Waals surface area contributed by atoms with E-state index in [1.165, 1.54) is 19.3 Å². The minimum atomic E-state index is 0.190. The van der Waals surface area contributed by atoms with Gasteiger partial charge < -0.3 is 10.6 Å². The molecule has 0 spiro atoms. The Morgan fingerprint density at radius 1 is 1.47 bits per heavy atom. The van der Waals surface area contributed by atoms with E-state index in [0.717, 1.165) is 24.5 Å². The van der Waals surface area contributed by atoms with Crippen molar-refractivity contribution in [2.75, 3.05) is 11.4 Å². The Balaban J connectivity index is 2.22. The number of aryl methyl sites for hydroxylation is 1. The predicted molar refractivity (Wildman–Crippen MR) is 70.0 cm³/mol. The Morgan fingerprint density at radius 2 is 2.29 bits per heavy atom. The van der Waals surface area contributed by atoms with Gasteiger partial charge in [0.2, 0.25) is 0 Å². The van der Waals surface area contributed by atoms with Crippen molar-refractivity contribution in [1.82, 2.24) is 9.97 Å². The zero-order valence-corrected chi connectivity index (χ0v) is 10.8. The van der Waals surface area contributed by atoms with Crippen LogP contribution in [-0.2, 0) is 6.42 Å². The molecular formula is C13H22N4. The highest BCUT2D eigenvalue weighted by Crippen LogP contribution is 2.24. The topological polar surface area (TPSA) is 55.0 Å². The summed E-state index contributed by atoms with van der Waals surface area (Å²) in [5.41, 5.74) is 7.18. The molecule has 2 atom stereocenters. The van der Waals surface area contributed by atoms with E-state index in [-0.39, 0.29) is 6.04 Å². The maximum absolute atomic E-state index is 6.08. The molecule has 1 fully saturated rings. The van der Waals surface area contributed by atoms with Crippen molar-refractivity contribution < 1.29 is 0 Å². The van der Waals surface area contributed by atoms with E-state index < -0.39 is 0 Å². The molecule has 94 valence electrons. The van der Waals surface area contributed by atoms with E-state index in [1.54, 1.807) is 6.33 Å². The highest BCUT2D eigenvalue weighted by Gasteiger charge is 2.26. The van der Waals surface area contributed by atoms with Gasteiger partial charge in [0.25, 0.3) is 0 Å². The van der Waals surface area contributed by atoms with Crippen molar-refractivity contribution in [3.05, 3.63) is 18.1 Å². The number of rotatable bonds is 3. The van der Waals surface area contributed by atoms with Crippen LogP contribution in [0.3, 0.4) is 0 Å². The lowest BCUT2D eigenvalue weighted by Crippen LogP contribution is -2.49. The SMILES string of the molecule is CCc1cc(N2CCCCC2C(C)N)ncn1. The van der Waals surface area contributed by atoms with Crippen LogP contribution in [0.15, 0.2) is 12.4 Å². The number of nitrogens with zero attached hydrogens (tertiary/aromatic N) is 3. The summed E-state index contributed by atoms with van der Waals surface area (Å²) in [4.78, 5) is 11.0. The zero-order chi connectivity index (χ0) is 12.3. The average molecular weight is 234 g/mol. The third-order valence-electron chi connectivity index (χ3n) is 3.52. The van der Waals surface area contributed by atoms with Crippen molar-refractivity contribution >= 4 is 5.82 Å². The molecule has 2 heterocycles. The molecule has 17 heavy (non-hydrogen) atoms. The van der Waals surface area contributed by atoms with Crippen molar-refractivity contribution in [3.8, 4) is 0 Å². The molecule has 0 radical (unpaired) electrons. The van der Waals surface area contributed by atoms with Gasteiger partial charge in [-0.2, -0.15) is 0 Å². The van der Waals surface area contributed by atoms with Crippen LogP contribution in [0.4, 0.5) is 5.82 Å². The molecular weight excluding hydrogens is 212 g/mol. The predicted octanol–water partition coefficient (Wildman–Crippen LogP) is 1.75. The number of hydrogen-bond acceptors (Lipinski definition) is 4. The molecule has 0 saturated carbocycles. The monoisotopic (exact) mass is 234 g/mol. The Morgan fingerprint density at radius 3 is 3.00 bits per heavy atom. The number of piperidine rings is 1. The first-order chi connectivity index (χ1) is 8.22. The Hall–Kier alpha value is -1.16. The second-order valence-corrected chi connectivity index (χ2v) is 4.84. The van der Waals surface area contributed by atoms with Crippen molar-refractivity contribution in [1.29, 1.82) is 0 Å². The summed E-state index contributed by atoms with van der Waals surface area (Å²) in [5.74, 6) is 1.04. The second kappa shape index (κ2) is 5.45. The largest absolute Gasteiger partial charge is 0.352 e. The minimum Gasteiger partial charge on any atom is -0.352 e. The Bertz CT molecular complexity index is 364. The highest BCUT2D eigenvalue weighted by molar-refractivity contribution is 5.41. The fourth-order valence-corrected chi connectivity index (χ4v) is 2.52. The first-order valence-corrected chi connectivity index (χ1v) is 6.55. The maximum atomic E-state index is 6.08. The fourth-order valence-electron chi connectivity index (χ4n) is 2.52. The third-order valence-corrected chi connectivity index (χ3v) is 3.52. The quantitative estimate of drug-likeness (QED) is 0.865. The van der Waals surface area contributed by atoms with Gasteiger partial charge in [-0.1, -0.05) is 6.92 Å². The van der Waals surface area contributed by atoms with E-state index in [0.29, 0.717) is 6.04 Å². The molecule has 4 nitrogen and oxygen atoms in total. The first kappa shape index (κ1) is 12.3. The number of aromatic nitrogens is 2. The Labute approximate surface area is 103 Å². The van der Waals surface area contributed by atoms with Gasteiger partial charge in [0.15, 0.2) is 0 Å². The van der Waals surface area contributed by atoms with E-state index >= 15 is 0 Å². The second-order valence-electron chi connectivity index (χ2n) is 4.84. The summed E-state index contributed by atoms with van der Waals surface area (Å²) in [6.07, 6.45) is 6.29. The van der Waals surface area contributed by atoms with Crippen LogP contribution in [0.5, 0.6) is 0 Å². The number of anilines is 1. The lowest BCUT2D eigenvalue weighted by atomic mass is 9.97. The maximum Gasteiger partial charge on any atom is 0.132 e. The molecule has 2 N–H and O–H groups in total. The van der Waals surface area contributed by atoms with Crippen LogP contribution in [-0.4, -0.2) is 28.6 Å². The van der Waals surface area contributed by atoms with Crippen molar-refractivity contribution in [2.24, 2.45) is 5.73 Å². The van der Waals surface area contributed by atoms with Crippen LogP contribution in [0, 0.1) is 0 Å².